The van der Waals surface area contributed by atoms with E-state index in [4.69, 9.17) is 0 Å². The average Bonchev–Trinajstić information content (AvgIpc) is 2.90. The SMILES string of the molecule is CCCCCCCCCCCCc1cc(CCCCCCCCCCCC)c2ccc(S(=O)(=O)O)cc2c1. The molecule has 1 N–H and O–H groups in total. The Morgan fingerprint density at radius 2 is 1.00 bits per heavy atom. The van der Waals surface area contributed by atoms with Gasteiger partial charge in [-0.3, -0.25) is 4.55 Å². The molecule has 38 heavy (non-hydrogen) atoms. The largest absolute Gasteiger partial charge is 0.294 e. The molecule has 2 rings (SSSR count). The van der Waals surface area contributed by atoms with E-state index in [9.17, 15) is 13.0 Å². The van der Waals surface area contributed by atoms with Crippen molar-refractivity contribution in [2.75, 3.05) is 0 Å². The van der Waals surface area contributed by atoms with Crippen LogP contribution < -0.4 is 0 Å². The molecule has 0 aromatic heterocycles. The molecule has 216 valence electrons. The molecule has 2 aromatic carbocycles. The molecular formula is C34H56O3S. The lowest BCUT2D eigenvalue weighted by Gasteiger charge is -2.12. The van der Waals surface area contributed by atoms with Crippen LogP contribution in [0.15, 0.2) is 35.2 Å². The first-order valence-corrected chi connectivity index (χ1v) is 17.4. The van der Waals surface area contributed by atoms with Gasteiger partial charge < -0.3 is 0 Å². The number of rotatable bonds is 23. The second kappa shape index (κ2) is 19.6. The normalized spacial score (nSPS) is 12.0. The number of aryl methyl sites for hydroxylation is 2. The zero-order valence-electron chi connectivity index (χ0n) is 24.6. The fourth-order valence-corrected chi connectivity index (χ4v) is 6.14. The van der Waals surface area contributed by atoms with Crippen LogP contribution in [-0.2, 0) is 23.0 Å². The predicted molar refractivity (Wildman–Crippen MR) is 165 cm³/mol. The first-order chi connectivity index (χ1) is 18.5. The molecule has 0 aliphatic rings. The maximum atomic E-state index is 11.7. The second-order valence-corrected chi connectivity index (χ2v) is 12.9. The molecule has 0 heterocycles. The van der Waals surface area contributed by atoms with E-state index in [1.165, 1.54) is 140 Å². The molecule has 0 spiro atoms. The first kappa shape index (κ1) is 32.8. The average molecular weight is 545 g/mol. The van der Waals surface area contributed by atoms with Crippen LogP contribution in [-0.4, -0.2) is 13.0 Å². The lowest BCUT2D eigenvalue weighted by Crippen LogP contribution is -1.99. The number of hydrogen-bond donors (Lipinski definition) is 1. The van der Waals surface area contributed by atoms with Gasteiger partial charge in [0.05, 0.1) is 4.90 Å². The third-order valence-corrected chi connectivity index (χ3v) is 8.84. The van der Waals surface area contributed by atoms with E-state index in [0.29, 0.717) is 0 Å². The predicted octanol–water partition coefficient (Wildman–Crippen LogP) is 11.0. The van der Waals surface area contributed by atoms with Crippen molar-refractivity contribution in [2.24, 2.45) is 0 Å². The molecule has 2 aromatic rings. The molecular weight excluding hydrogens is 488 g/mol. The van der Waals surface area contributed by atoms with E-state index < -0.39 is 10.1 Å². The molecule has 0 saturated carbocycles. The van der Waals surface area contributed by atoms with Gasteiger partial charge in [0.2, 0.25) is 0 Å². The fraction of sp³-hybridized carbons (Fsp3) is 0.706. The van der Waals surface area contributed by atoms with Crippen molar-refractivity contribution in [3.8, 4) is 0 Å². The summed E-state index contributed by atoms with van der Waals surface area (Å²) in [5.41, 5.74) is 2.62. The molecule has 0 unspecified atom stereocenters. The molecule has 0 fully saturated rings. The third-order valence-electron chi connectivity index (χ3n) is 7.99. The summed E-state index contributed by atoms with van der Waals surface area (Å²) in [5, 5.41) is 2.06. The molecule has 0 radical (unpaired) electrons. The van der Waals surface area contributed by atoms with Crippen LogP contribution in [0.1, 0.15) is 153 Å². The standard InChI is InChI=1S/C34H56O3S/c1-3-5-7-9-11-13-15-17-19-21-23-30-27-31(24-22-20-18-16-14-12-10-8-6-4-2)34-26-25-33(38(35,36)37)29-32(34)28-30/h25-29H,3-24H2,1-2H3,(H,35,36,37). The van der Waals surface area contributed by atoms with Crippen LogP contribution >= 0.6 is 0 Å². The Morgan fingerprint density at radius 3 is 1.47 bits per heavy atom. The Morgan fingerprint density at radius 1 is 0.553 bits per heavy atom. The van der Waals surface area contributed by atoms with Gasteiger partial charge in [-0.1, -0.05) is 148 Å². The molecule has 0 atom stereocenters. The van der Waals surface area contributed by atoms with Crippen LogP contribution in [0.2, 0.25) is 0 Å². The fourth-order valence-electron chi connectivity index (χ4n) is 5.63. The summed E-state index contributed by atoms with van der Waals surface area (Å²) in [6.45, 7) is 4.54. The summed E-state index contributed by atoms with van der Waals surface area (Å²) < 4.78 is 33.1. The lowest BCUT2D eigenvalue weighted by atomic mass is 9.94. The number of unbranched alkanes of at least 4 members (excludes halogenated alkanes) is 18. The minimum absolute atomic E-state index is 0.00836. The molecule has 4 heteroatoms. The van der Waals surface area contributed by atoms with Gasteiger partial charge in [-0.05, 0) is 59.7 Å². The quantitative estimate of drug-likeness (QED) is 0.112. The maximum absolute atomic E-state index is 11.7. The van der Waals surface area contributed by atoms with Gasteiger partial charge in [-0.25, -0.2) is 0 Å². The Balaban J connectivity index is 1.86. The highest BCUT2D eigenvalue weighted by atomic mass is 32.2. The Labute approximate surface area is 235 Å². The highest BCUT2D eigenvalue weighted by molar-refractivity contribution is 7.85. The van der Waals surface area contributed by atoms with Crippen molar-refractivity contribution in [3.05, 3.63) is 41.5 Å². The third kappa shape index (κ3) is 13.6. The highest BCUT2D eigenvalue weighted by Gasteiger charge is 2.12. The van der Waals surface area contributed by atoms with Gasteiger partial charge in [0.15, 0.2) is 0 Å². The molecule has 3 nitrogen and oxygen atoms in total. The van der Waals surface area contributed by atoms with Crippen molar-refractivity contribution in [1.29, 1.82) is 0 Å². The summed E-state index contributed by atoms with van der Waals surface area (Å²) >= 11 is 0. The van der Waals surface area contributed by atoms with Crippen LogP contribution in [0.25, 0.3) is 10.8 Å². The Hall–Kier alpha value is -1.39. The van der Waals surface area contributed by atoms with Crippen molar-refractivity contribution in [3.63, 3.8) is 0 Å². The Kier molecular flexibility index (Phi) is 17.0. The van der Waals surface area contributed by atoms with Gasteiger partial charge in [0, 0.05) is 0 Å². The minimum atomic E-state index is -4.19. The zero-order valence-corrected chi connectivity index (χ0v) is 25.4. The van der Waals surface area contributed by atoms with Crippen LogP contribution in [0, 0.1) is 0 Å². The van der Waals surface area contributed by atoms with Crippen LogP contribution in [0.4, 0.5) is 0 Å². The minimum Gasteiger partial charge on any atom is -0.282 e. The van der Waals surface area contributed by atoms with E-state index in [2.05, 4.69) is 26.0 Å². The molecule has 0 saturated heterocycles. The van der Waals surface area contributed by atoms with Crippen molar-refractivity contribution >= 4 is 20.9 Å². The van der Waals surface area contributed by atoms with Crippen LogP contribution in [0.3, 0.4) is 0 Å². The highest BCUT2D eigenvalue weighted by Crippen LogP contribution is 2.27. The van der Waals surface area contributed by atoms with Gasteiger partial charge in [0.1, 0.15) is 0 Å². The van der Waals surface area contributed by atoms with Crippen molar-refractivity contribution in [2.45, 2.75) is 160 Å². The maximum Gasteiger partial charge on any atom is 0.294 e. The second-order valence-electron chi connectivity index (χ2n) is 11.5. The lowest BCUT2D eigenvalue weighted by molar-refractivity contribution is 0.483. The molecule has 0 amide bonds. The van der Waals surface area contributed by atoms with Crippen molar-refractivity contribution < 1.29 is 13.0 Å². The summed E-state index contributed by atoms with van der Waals surface area (Å²) in [6.07, 6.45) is 28.6. The Bertz CT molecular complexity index is 996. The monoisotopic (exact) mass is 544 g/mol. The van der Waals surface area contributed by atoms with Crippen LogP contribution in [0.5, 0.6) is 0 Å². The van der Waals surface area contributed by atoms with Crippen molar-refractivity contribution in [1.82, 2.24) is 0 Å². The molecule has 0 aliphatic carbocycles. The van der Waals surface area contributed by atoms with Gasteiger partial charge >= 0.3 is 0 Å². The smallest absolute Gasteiger partial charge is 0.282 e. The number of fused-ring (bicyclic) bond motifs is 1. The molecule has 0 aliphatic heterocycles. The molecule has 0 bridgehead atoms. The van der Waals surface area contributed by atoms with E-state index in [1.54, 1.807) is 12.1 Å². The number of hydrogen-bond acceptors (Lipinski definition) is 2. The van der Waals surface area contributed by atoms with E-state index in [0.717, 1.165) is 23.6 Å². The van der Waals surface area contributed by atoms with E-state index >= 15 is 0 Å². The van der Waals surface area contributed by atoms with Gasteiger partial charge in [-0.15, -0.1) is 0 Å². The number of benzene rings is 2. The topological polar surface area (TPSA) is 54.4 Å². The first-order valence-electron chi connectivity index (χ1n) is 16.0. The summed E-state index contributed by atoms with van der Waals surface area (Å²) in [5.74, 6) is 0. The summed E-state index contributed by atoms with van der Waals surface area (Å²) in [6, 6.07) is 9.57. The zero-order chi connectivity index (χ0) is 27.5. The van der Waals surface area contributed by atoms with Gasteiger partial charge in [-0.2, -0.15) is 8.42 Å². The summed E-state index contributed by atoms with van der Waals surface area (Å²) in [7, 11) is -4.19. The summed E-state index contributed by atoms with van der Waals surface area (Å²) in [4.78, 5) is -0.00836. The van der Waals surface area contributed by atoms with E-state index in [-0.39, 0.29) is 4.90 Å². The van der Waals surface area contributed by atoms with E-state index in [1.807, 2.05) is 6.07 Å². The van der Waals surface area contributed by atoms with Gasteiger partial charge in [0.25, 0.3) is 10.1 Å².